The molecule has 0 radical (unpaired) electrons. The highest BCUT2D eigenvalue weighted by Gasteiger charge is 2.32. The van der Waals surface area contributed by atoms with Crippen LogP contribution in [0.1, 0.15) is 17.5 Å². The van der Waals surface area contributed by atoms with Crippen LogP contribution in [0.5, 0.6) is 5.75 Å². The molecule has 1 unspecified atom stereocenters. The fourth-order valence-electron chi connectivity index (χ4n) is 2.29. The minimum absolute atomic E-state index is 0.140. The lowest BCUT2D eigenvalue weighted by atomic mass is 9.87. The van der Waals surface area contributed by atoms with Crippen LogP contribution in [-0.2, 0) is 22.6 Å². The van der Waals surface area contributed by atoms with Gasteiger partial charge in [-0.15, -0.1) is 0 Å². The SMILES string of the molecule is C=C1CC(=O)C(Cc2ccc(OC)cc2CO)C(=O)N1. The van der Waals surface area contributed by atoms with Crippen LogP contribution < -0.4 is 10.1 Å². The van der Waals surface area contributed by atoms with Crippen LogP contribution in [0, 0.1) is 5.92 Å². The zero-order valence-corrected chi connectivity index (χ0v) is 11.3. The van der Waals surface area contributed by atoms with E-state index in [2.05, 4.69) is 11.9 Å². The Bertz CT molecular complexity index is 545. The van der Waals surface area contributed by atoms with Gasteiger partial charge in [-0.05, 0) is 29.7 Å². The van der Waals surface area contributed by atoms with Crippen LogP contribution in [0.15, 0.2) is 30.5 Å². The number of carbonyl (C=O) groups is 2. The normalized spacial score (nSPS) is 18.9. The maximum atomic E-state index is 11.9. The summed E-state index contributed by atoms with van der Waals surface area (Å²) >= 11 is 0. The van der Waals surface area contributed by atoms with E-state index in [0.29, 0.717) is 17.0 Å². The van der Waals surface area contributed by atoms with Gasteiger partial charge in [-0.25, -0.2) is 0 Å². The number of Topliss-reactive ketones (excluding diaryl/α,β-unsaturated/α-hetero) is 1. The molecule has 1 atom stereocenters. The van der Waals surface area contributed by atoms with Gasteiger partial charge >= 0.3 is 0 Å². The zero-order chi connectivity index (χ0) is 14.7. The fourth-order valence-corrected chi connectivity index (χ4v) is 2.29. The molecule has 5 heteroatoms. The van der Waals surface area contributed by atoms with Gasteiger partial charge in [0.15, 0.2) is 5.78 Å². The number of ether oxygens (including phenoxy) is 1. The summed E-state index contributed by atoms with van der Waals surface area (Å²) in [7, 11) is 1.54. The number of nitrogens with one attached hydrogen (secondary N) is 1. The van der Waals surface area contributed by atoms with Gasteiger partial charge in [-0.1, -0.05) is 12.6 Å². The molecule has 0 aromatic heterocycles. The number of aliphatic hydroxyl groups is 1. The van der Waals surface area contributed by atoms with Crippen LogP contribution >= 0.6 is 0 Å². The van der Waals surface area contributed by atoms with Crippen molar-refractivity contribution < 1.29 is 19.4 Å². The second kappa shape index (κ2) is 5.88. The molecule has 0 saturated carbocycles. The van der Waals surface area contributed by atoms with Gasteiger partial charge in [0.1, 0.15) is 11.7 Å². The number of amides is 1. The van der Waals surface area contributed by atoms with Gasteiger partial charge in [0.2, 0.25) is 5.91 Å². The highest BCUT2D eigenvalue weighted by molar-refractivity contribution is 6.05. The number of aliphatic hydroxyl groups excluding tert-OH is 1. The molecule has 0 spiro atoms. The number of piperidine rings is 1. The predicted molar refractivity (Wildman–Crippen MR) is 73.0 cm³/mol. The van der Waals surface area contributed by atoms with E-state index in [4.69, 9.17) is 4.74 Å². The van der Waals surface area contributed by atoms with Gasteiger partial charge in [-0.3, -0.25) is 9.59 Å². The number of benzene rings is 1. The molecule has 106 valence electrons. The van der Waals surface area contributed by atoms with Crippen LogP contribution in [0.25, 0.3) is 0 Å². The van der Waals surface area contributed by atoms with Gasteiger partial charge in [0.05, 0.1) is 13.7 Å². The lowest BCUT2D eigenvalue weighted by molar-refractivity contribution is -0.135. The van der Waals surface area contributed by atoms with Gasteiger partial charge in [0.25, 0.3) is 0 Å². The summed E-state index contributed by atoms with van der Waals surface area (Å²) in [6.07, 6.45) is 0.443. The number of ketones is 1. The van der Waals surface area contributed by atoms with Crippen molar-refractivity contribution in [2.45, 2.75) is 19.4 Å². The van der Waals surface area contributed by atoms with Gasteiger partial charge in [-0.2, -0.15) is 0 Å². The molecule has 0 aliphatic carbocycles. The van der Waals surface area contributed by atoms with Crippen molar-refractivity contribution in [1.82, 2.24) is 5.32 Å². The summed E-state index contributed by atoms with van der Waals surface area (Å²) < 4.78 is 5.09. The molecule has 20 heavy (non-hydrogen) atoms. The van der Waals surface area contributed by atoms with E-state index in [1.54, 1.807) is 25.3 Å². The molecule has 1 aromatic carbocycles. The Balaban J connectivity index is 2.23. The molecule has 0 bridgehead atoms. The molecule has 1 amide bonds. The third-order valence-electron chi connectivity index (χ3n) is 3.40. The zero-order valence-electron chi connectivity index (χ0n) is 11.3. The molecule has 1 aliphatic rings. The minimum atomic E-state index is -0.723. The first-order chi connectivity index (χ1) is 9.55. The quantitative estimate of drug-likeness (QED) is 0.802. The Labute approximate surface area is 117 Å². The standard InChI is InChI=1S/C15H17NO4/c1-9-5-14(18)13(15(19)16-9)7-10-3-4-12(20-2)6-11(10)8-17/h3-4,6,13,17H,1,5,7-8H2,2H3,(H,16,19). The van der Waals surface area contributed by atoms with Crippen LogP contribution in [-0.4, -0.2) is 23.9 Å². The maximum absolute atomic E-state index is 11.9. The number of carbonyl (C=O) groups excluding carboxylic acids is 2. The van der Waals surface area contributed by atoms with E-state index in [9.17, 15) is 14.7 Å². The van der Waals surface area contributed by atoms with E-state index in [0.717, 1.165) is 5.56 Å². The summed E-state index contributed by atoms with van der Waals surface area (Å²) in [6, 6.07) is 5.23. The van der Waals surface area contributed by atoms with Gasteiger partial charge in [0, 0.05) is 12.1 Å². The topological polar surface area (TPSA) is 75.6 Å². The second-order valence-electron chi connectivity index (χ2n) is 4.79. The summed E-state index contributed by atoms with van der Waals surface area (Å²) in [5.41, 5.74) is 1.87. The van der Waals surface area contributed by atoms with Crippen molar-refractivity contribution in [3.63, 3.8) is 0 Å². The molecule has 1 saturated heterocycles. The first-order valence-corrected chi connectivity index (χ1v) is 6.33. The van der Waals surface area contributed by atoms with Crippen molar-refractivity contribution in [2.24, 2.45) is 5.92 Å². The molecule has 5 nitrogen and oxygen atoms in total. The average molecular weight is 275 g/mol. The Kier molecular flexibility index (Phi) is 4.20. The van der Waals surface area contributed by atoms with Gasteiger partial charge < -0.3 is 15.2 Å². The lowest BCUT2D eigenvalue weighted by Gasteiger charge is -2.23. The predicted octanol–water partition coefficient (Wildman–Crippen LogP) is 0.949. The molecule has 1 aromatic rings. The third-order valence-corrected chi connectivity index (χ3v) is 3.40. The number of rotatable bonds is 4. The summed E-state index contributed by atoms with van der Waals surface area (Å²) in [4.78, 5) is 23.8. The Morgan fingerprint density at radius 1 is 1.40 bits per heavy atom. The van der Waals surface area contributed by atoms with E-state index in [-0.39, 0.29) is 31.1 Å². The van der Waals surface area contributed by atoms with Crippen molar-refractivity contribution in [1.29, 1.82) is 0 Å². The molecule has 2 rings (SSSR count). The number of allylic oxidation sites excluding steroid dienone is 1. The molecular formula is C15H17NO4. The maximum Gasteiger partial charge on any atom is 0.235 e. The van der Waals surface area contributed by atoms with Crippen LogP contribution in [0.2, 0.25) is 0 Å². The van der Waals surface area contributed by atoms with E-state index in [1.807, 2.05) is 0 Å². The highest BCUT2D eigenvalue weighted by Crippen LogP contribution is 2.23. The van der Waals surface area contributed by atoms with E-state index in [1.165, 1.54) is 0 Å². The third kappa shape index (κ3) is 2.88. The molecule has 2 N–H and O–H groups in total. The average Bonchev–Trinajstić information content (AvgIpc) is 2.42. The number of methoxy groups -OCH3 is 1. The van der Waals surface area contributed by atoms with E-state index >= 15 is 0 Å². The minimum Gasteiger partial charge on any atom is -0.497 e. The molecule has 1 heterocycles. The van der Waals surface area contributed by atoms with Crippen molar-refractivity contribution in [2.75, 3.05) is 7.11 Å². The molecular weight excluding hydrogens is 258 g/mol. The number of hydrogen-bond donors (Lipinski definition) is 2. The van der Waals surface area contributed by atoms with Crippen molar-refractivity contribution >= 4 is 11.7 Å². The van der Waals surface area contributed by atoms with E-state index < -0.39 is 5.92 Å². The van der Waals surface area contributed by atoms with Crippen molar-refractivity contribution in [3.8, 4) is 5.75 Å². The van der Waals surface area contributed by atoms with Crippen LogP contribution in [0.4, 0.5) is 0 Å². The molecule has 1 fully saturated rings. The number of hydrogen-bond acceptors (Lipinski definition) is 4. The van der Waals surface area contributed by atoms with Crippen LogP contribution in [0.3, 0.4) is 0 Å². The summed E-state index contributed by atoms with van der Waals surface area (Å²) in [5, 5.41) is 12.0. The summed E-state index contributed by atoms with van der Waals surface area (Å²) in [6.45, 7) is 3.44. The second-order valence-corrected chi connectivity index (χ2v) is 4.79. The monoisotopic (exact) mass is 275 g/mol. The smallest absolute Gasteiger partial charge is 0.235 e. The fraction of sp³-hybridized carbons (Fsp3) is 0.333. The Morgan fingerprint density at radius 2 is 2.15 bits per heavy atom. The summed E-state index contributed by atoms with van der Waals surface area (Å²) in [5.74, 6) is -0.561. The Hall–Kier alpha value is -2.14. The first kappa shape index (κ1) is 14.3. The first-order valence-electron chi connectivity index (χ1n) is 6.33. The lowest BCUT2D eigenvalue weighted by Crippen LogP contribution is -2.42. The Morgan fingerprint density at radius 3 is 2.75 bits per heavy atom. The molecule has 1 aliphatic heterocycles. The van der Waals surface area contributed by atoms with Crippen molar-refractivity contribution in [3.05, 3.63) is 41.6 Å². The highest BCUT2D eigenvalue weighted by atomic mass is 16.5. The largest absolute Gasteiger partial charge is 0.497 e.